The van der Waals surface area contributed by atoms with E-state index in [2.05, 4.69) is 50.9 Å². The molecule has 174 valence electrons. The number of fused-ring (bicyclic) bond motifs is 2. The summed E-state index contributed by atoms with van der Waals surface area (Å²) in [5.41, 5.74) is 8.28. The van der Waals surface area contributed by atoms with Gasteiger partial charge in [0.2, 0.25) is 0 Å². The Labute approximate surface area is 203 Å². The number of aromatic amines is 2. The molecule has 0 aliphatic rings. The van der Waals surface area contributed by atoms with Gasteiger partial charge in [-0.2, -0.15) is 5.10 Å². The van der Waals surface area contributed by atoms with Crippen LogP contribution in [-0.2, 0) is 0 Å². The van der Waals surface area contributed by atoms with Gasteiger partial charge in [0.1, 0.15) is 11.0 Å². The molecule has 0 saturated heterocycles. The first kappa shape index (κ1) is 22.2. The van der Waals surface area contributed by atoms with Gasteiger partial charge >= 0.3 is 0 Å². The lowest BCUT2D eigenvalue weighted by Crippen LogP contribution is -2.20. The summed E-state index contributed by atoms with van der Waals surface area (Å²) in [6.07, 6.45) is 11.2. The molecule has 8 heteroatoms. The minimum absolute atomic E-state index is 0.299. The number of allylic oxidation sites excluding steroid dienone is 4. The lowest BCUT2D eigenvalue weighted by molar-refractivity contribution is 0.682. The van der Waals surface area contributed by atoms with Crippen molar-refractivity contribution >= 4 is 27.6 Å². The van der Waals surface area contributed by atoms with Gasteiger partial charge in [0.25, 0.3) is 0 Å². The van der Waals surface area contributed by atoms with Crippen molar-refractivity contribution in [2.45, 2.75) is 26.8 Å². The molecule has 5 heterocycles. The molecule has 0 unspecified atom stereocenters. The number of hydrogen-bond acceptors (Lipinski definition) is 6. The Morgan fingerprint density at radius 1 is 1.03 bits per heavy atom. The fourth-order valence-electron chi connectivity index (χ4n) is 3.95. The van der Waals surface area contributed by atoms with E-state index in [1.807, 2.05) is 55.5 Å². The standard InChI is InChI=1S/C27H26N8/c1-5-17(14-19(6-2)30-16(3)4)20-9-10-22-25(31-20)26(35-34-22)27-32-21-11-13-29-23(24(21)33-27)18-8-7-12-28-15-18/h5-16,30H,2H2,1,3-4H3,(H,32,33)(H,34,35)/b17-5+,19-14+. The lowest BCUT2D eigenvalue weighted by atomic mass is 10.1. The van der Waals surface area contributed by atoms with E-state index in [0.717, 1.165) is 50.3 Å². The number of nitrogens with one attached hydrogen (secondary N) is 3. The number of hydrogen-bond donors (Lipinski definition) is 3. The van der Waals surface area contributed by atoms with Crippen molar-refractivity contribution in [2.24, 2.45) is 0 Å². The molecule has 0 atom stereocenters. The fraction of sp³-hybridized carbons (Fsp3) is 0.148. The molecule has 5 rings (SSSR count). The number of pyridine rings is 3. The summed E-state index contributed by atoms with van der Waals surface area (Å²) in [5.74, 6) is 0.625. The highest BCUT2D eigenvalue weighted by Crippen LogP contribution is 2.30. The number of rotatable bonds is 7. The lowest BCUT2D eigenvalue weighted by Gasteiger charge is -2.12. The molecule has 0 aromatic carbocycles. The van der Waals surface area contributed by atoms with E-state index in [1.165, 1.54) is 0 Å². The van der Waals surface area contributed by atoms with Gasteiger partial charge in [0.05, 0.1) is 22.4 Å². The van der Waals surface area contributed by atoms with Crippen LogP contribution in [0, 0.1) is 0 Å². The zero-order valence-electron chi connectivity index (χ0n) is 19.9. The second kappa shape index (κ2) is 9.34. The molecule has 0 aliphatic heterocycles. The molecule has 0 bridgehead atoms. The van der Waals surface area contributed by atoms with Gasteiger partial charge in [-0.1, -0.05) is 12.7 Å². The fourth-order valence-corrected chi connectivity index (χ4v) is 3.95. The van der Waals surface area contributed by atoms with Crippen LogP contribution >= 0.6 is 0 Å². The van der Waals surface area contributed by atoms with E-state index in [1.54, 1.807) is 18.6 Å². The van der Waals surface area contributed by atoms with Gasteiger partial charge in [-0.3, -0.25) is 15.1 Å². The molecular formula is C27H26N8. The highest BCUT2D eigenvalue weighted by Gasteiger charge is 2.17. The van der Waals surface area contributed by atoms with Crippen molar-refractivity contribution in [1.82, 2.24) is 40.4 Å². The second-order valence-corrected chi connectivity index (χ2v) is 8.39. The van der Waals surface area contributed by atoms with Crippen LogP contribution in [0.4, 0.5) is 0 Å². The van der Waals surface area contributed by atoms with Crippen molar-refractivity contribution in [2.75, 3.05) is 0 Å². The summed E-state index contributed by atoms with van der Waals surface area (Å²) in [4.78, 5) is 21.9. The SMILES string of the molecule is C=C/C(=C\C(=C/C)c1ccc2[nH]nc(-c3nc4c(-c5cccnc5)nccc4[nH]3)c2n1)NC(C)C. The Balaban J connectivity index is 1.59. The number of aromatic nitrogens is 7. The quantitative estimate of drug-likeness (QED) is 0.278. The summed E-state index contributed by atoms with van der Waals surface area (Å²) in [6, 6.07) is 10.0. The van der Waals surface area contributed by atoms with Crippen molar-refractivity contribution in [1.29, 1.82) is 0 Å². The minimum Gasteiger partial charge on any atom is -0.383 e. The monoisotopic (exact) mass is 462 g/mol. The number of imidazole rings is 1. The van der Waals surface area contributed by atoms with E-state index in [9.17, 15) is 0 Å². The summed E-state index contributed by atoms with van der Waals surface area (Å²) >= 11 is 0. The molecule has 0 fully saturated rings. The molecule has 35 heavy (non-hydrogen) atoms. The zero-order chi connectivity index (χ0) is 24.4. The van der Waals surface area contributed by atoms with Gasteiger partial charge in [0, 0.05) is 35.9 Å². The van der Waals surface area contributed by atoms with Crippen LogP contribution < -0.4 is 5.32 Å². The second-order valence-electron chi connectivity index (χ2n) is 8.39. The average molecular weight is 463 g/mol. The van der Waals surface area contributed by atoms with Crippen molar-refractivity contribution in [3.8, 4) is 22.8 Å². The van der Waals surface area contributed by atoms with E-state index in [-0.39, 0.29) is 0 Å². The molecule has 0 aliphatic carbocycles. The number of nitrogens with zero attached hydrogens (tertiary/aromatic N) is 5. The summed E-state index contributed by atoms with van der Waals surface area (Å²) in [5, 5.41) is 11.0. The Bertz CT molecular complexity index is 1570. The van der Waals surface area contributed by atoms with Gasteiger partial charge in [-0.25, -0.2) is 9.97 Å². The maximum atomic E-state index is 4.95. The highest BCUT2D eigenvalue weighted by atomic mass is 15.2. The van der Waals surface area contributed by atoms with Crippen LogP contribution in [0.5, 0.6) is 0 Å². The third-order valence-corrected chi connectivity index (χ3v) is 5.56. The molecule has 8 nitrogen and oxygen atoms in total. The van der Waals surface area contributed by atoms with Crippen LogP contribution in [0.15, 0.2) is 79.4 Å². The Hall–Kier alpha value is -4.59. The Morgan fingerprint density at radius 3 is 2.63 bits per heavy atom. The largest absolute Gasteiger partial charge is 0.383 e. The van der Waals surface area contributed by atoms with Crippen molar-refractivity contribution < 1.29 is 0 Å². The van der Waals surface area contributed by atoms with Gasteiger partial charge in [-0.05, 0) is 68.8 Å². The van der Waals surface area contributed by atoms with E-state index < -0.39 is 0 Å². The van der Waals surface area contributed by atoms with E-state index in [4.69, 9.17) is 9.97 Å². The molecule has 0 spiro atoms. The Kier molecular flexibility index (Phi) is 5.93. The smallest absolute Gasteiger partial charge is 0.161 e. The van der Waals surface area contributed by atoms with E-state index in [0.29, 0.717) is 17.6 Å². The first-order valence-corrected chi connectivity index (χ1v) is 11.5. The first-order valence-electron chi connectivity index (χ1n) is 11.5. The van der Waals surface area contributed by atoms with Gasteiger partial charge in [0.15, 0.2) is 11.5 Å². The third kappa shape index (κ3) is 4.33. The third-order valence-electron chi connectivity index (χ3n) is 5.56. The van der Waals surface area contributed by atoms with Crippen LogP contribution in [0.2, 0.25) is 0 Å². The van der Waals surface area contributed by atoms with Gasteiger partial charge < -0.3 is 10.3 Å². The molecule has 5 aromatic rings. The van der Waals surface area contributed by atoms with Crippen molar-refractivity contribution in [3.05, 3.63) is 85.1 Å². The maximum absolute atomic E-state index is 4.95. The highest BCUT2D eigenvalue weighted by molar-refractivity contribution is 5.95. The van der Waals surface area contributed by atoms with Crippen LogP contribution in [-0.4, -0.2) is 41.2 Å². The molecular weight excluding hydrogens is 436 g/mol. The first-order chi connectivity index (χ1) is 17.1. The van der Waals surface area contributed by atoms with Crippen LogP contribution in [0.1, 0.15) is 26.5 Å². The normalized spacial score (nSPS) is 12.6. The maximum Gasteiger partial charge on any atom is 0.161 e. The number of H-pyrrole nitrogens is 2. The van der Waals surface area contributed by atoms with Crippen LogP contribution in [0.25, 0.3) is 50.4 Å². The molecule has 3 N–H and O–H groups in total. The molecule has 0 radical (unpaired) electrons. The van der Waals surface area contributed by atoms with E-state index >= 15 is 0 Å². The summed E-state index contributed by atoms with van der Waals surface area (Å²) in [7, 11) is 0. The van der Waals surface area contributed by atoms with Crippen LogP contribution in [0.3, 0.4) is 0 Å². The minimum atomic E-state index is 0.299. The van der Waals surface area contributed by atoms with Crippen molar-refractivity contribution in [3.63, 3.8) is 0 Å². The topological polar surface area (TPSA) is 108 Å². The summed E-state index contributed by atoms with van der Waals surface area (Å²) < 4.78 is 0. The molecule has 0 saturated carbocycles. The summed E-state index contributed by atoms with van der Waals surface area (Å²) in [6.45, 7) is 10.1. The predicted octanol–water partition coefficient (Wildman–Crippen LogP) is 5.43. The predicted molar refractivity (Wildman–Crippen MR) is 140 cm³/mol. The zero-order valence-corrected chi connectivity index (χ0v) is 19.9. The Morgan fingerprint density at radius 2 is 1.89 bits per heavy atom. The van der Waals surface area contributed by atoms with Gasteiger partial charge in [-0.15, -0.1) is 0 Å². The average Bonchev–Trinajstić information content (AvgIpc) is 3.50. The molecule has 5 aromatic heterocycles. The molecule has 0 amide bonds.